The van der Waals surface area contributed by atoms with E-state index >= 15 is 0 Å². The number of fused-ring (bicyclic) bond motifs is 7. The molecule has 0 radical (unpaired) electrons. The van der Waals surface area contributed by atoms with Crippen molar-refractivity contribution in [3.05, 3.63) is 315 Å². The molecule has 0 amide bonds. The molecule has 15 aromatic rings. The highest BCUT2D eigenvalue weighted by Gasteiger charge is 2.22. The summed E-state index contributed by atoms with van der Waals surface area (Å²) in [5.41, 5.74) is 20.5. The molecule has 0 atom stereocenters. The minimum Gasteiger partial charge on any atom is -0.310 e. The van der Waals surface area contributed by atoms with E-state index < -0.39 is 0 Å². The van der Waals surface area contributed by atoms with E-state index in [1.807, 2.05) is 0 Å². The topological polar surface area (TPSA) is 16.3 Å². The molecule has 4 nitrogen and oxygen atoms in total. The normalized spacial score (nSPS) is 11.5. The first-order valence-corrected chi connectivity index (χ1v) is 27.4. The Morgan fingerprint density at radius 1 is 0.200 bits per heavy atom. The molecule has 0 fully saturated rings. The SMILES string of the molecule is c1ccc(-c2cccc(N(c3ccc(-c4ccc(N(c5cccc(-c6ccccc6)c5)c5ccc6c(c5)c5ccccc5n6-c5ccccc5)c5ccccc45)cc3)c3ccc4c(c3)c3ccccc3n4-c3ccccc3)c2)cc1. The lowest BCUT2D eigenvalue weighted by Crippen LogP contribution is -2.11. The van der Waals surface area contributed by atoms with Gasteiger partial charge in [0.2, 0.25) is 0 Å². The van der Waals surface area contributed by atoms with Crippen molar-refractivity contribution in [3.8, 4) is 44.8 Å². The third-order valence-corrected chi connectivity index (χ3v) is 15.9. The zero-order chi connectivity index (χ0) is 52.9. The van der Waals surface area contributed by atoms with Crippen LogP contribution in [-0.4, -0.2) is 9.13 Å². The number of para-hydroxylation sites is 4. The van der Waals surface area contributed by atoms with Crippen LogP contribution in [0.3, 0.4) is 0 Å². The Labute approximate surface area is 465 Å². The Morgan fingerprint density at radius 3 is 1.11 bits per heavy atom. The fraction of sp³-hybridized carbons (Fsp3) is 0. The van der Waals surface area contributed by atoms with Gasteiger partial charge in [0.25, 0.3) is 0 Å². The zero-order valence-electron chi connectivity index (χ0n) is 43.8. The van der Waals surface area contributed by atoms with E-state index in [9.17, 15) is 0 Å². The molecule has 0 saturated carbocycles. The maximum Gasteiger partial charge on any atom is 0.0542 e. The van der Waals surface area contributed by atoms with Gasteiger partial charge in [-0.05, 0) is 154 Å². The molecule has 0 aliphatic rings. The van der Waals surface area contributed by atoms with Gasteiger partial charge in [-0.15, -0.1) is 0 Å². The van der Waals surface area contributed by atoms with Crippen LogP contribution in [0.25, 0.3) is 99.1 Å². The summed E-state index contributed by atoms with van der Waals surface area (Å²) in [6.45, 7) is 0. The summed E-state index contributed by atoms with van der Waals surface area (Å²) in [5, 5.41) is 7.18. The van der Waals surface area contributed by atoms with Crippen LogP contribution in [0.5, 0.6) is 0 Å². The summed E-state index contributed by atoms with van der Waals surface area (Å²) in [6, 6.07) is 115. The summed E-state index contributed by atoms with van der Waals surface area (Å²) < 4.78 is 4.76. The Hall–Kier alpha value is -10.7. The second-order valence-electron chi connectivity index (χ2n) is 20.5. The maximum absolute atomic E-state index is 2.45. The van der Waals surface area contributed by atoms with E-state index in [0.717, 1.165) is 67.6 Å². The summed E-state index contributed by atoms with van der Waals surface area (Å²) in [6.07, 6.45) is 0. The lowest BCUT2D eigenvalue weighted by molar-refractivity contribution is 1.18. The van der Waals surface area contributed by atoms with Crippen molar-refractivity contribution in [3.63, 3.8) is 0 Å². The molecule has 15 rings (SSSR count). The molecule has 0 aliphatic heterocycles. The average molecular weight is 1020 g/mol. The predicted molar refractivity (Wildman–Crippen MR) is 338 cm³/mol. The monoisotopic (exact) mass is 1020 g/mol. The number of anilines is 6. The minimum atomic E-state index is 1.07. The molecule has 0 N–H and O–H groups in total. The lowest BCUT2D eigenvalue weighted by Gasteiger charge is -2.28. The first-order valence-electron chi connectivity index (χ1n) is 27.4. The van der Waals surface area contributed by atoms with Crippen molar-refractivity contribution >= 4 is 88.5 Å². The van der Waals surface area contributed by atoms with E-state index in [1.54, 1.807) is 0 Å². The van der Waals surface area contributed by atoms with Crippen molar-refractivity contribution in [2.75, 3.05) is 9.80 Å². The minimum absolute atomic E-state index is 1.07. The summed E-state index contributed by atoms with van der Waals surface area (Å²) in [5.74, 6) is 0. The molecule has 0 aliphatic carbocycles. The number of rotatable bonds is 11. The van der Waals surface area contributed by atoms with E-state index in [-0.39, 0.29) is 0 Å². The number of nitrogens with zero attached hydrogens (tertiary/aromatic N) is 4. The van der Waals surface area contributed by atoms with Gasteiger partial charge in [-0.1, -0.05) is 200 Å². The highest BCUT2D eigenvalue weighted by Crippen LogP contribution is 2.46. The summed E-state index contributed by atoms with van der Waals surface area (Å²) in [7, 11) is 0. The Balaban J connectivity index is 0.871. The van der Waals surface area contributed by atoms with Crippen LogP contribution in [0, 0.1) is 0 Å². The lowest BCUT2D eigenvalue weighted by atomic mass is 9.95. The van der Waals surface area contributed by atoms with Crippen molar-refractivity contribution in [2.24, 2.45) is 0 Å². The number of hydrogen-bond donors (Lipinski definition) is 0. The van der Waals surface area contributed by atoms with Gasteiger partial charge in [0.05, 0.1) is 27.8 Å². The van der Waals surface area contributed by atoms with Gasteiger partial charge in [0.1, 0.15) is 0 Å². The van der Waals surface area contributed by atoms with Crippen LogP contribution < -0.4 is 9.80 Å². The van der Waals surface area contributed by atoms with E-state index in [1.165, 1.54) is 65.7 Å². The zero-order valence-corrected chi connectivity index (χ0v) is 43.8. The van der Waals surface area contributed by atoms with Crippen LogP contribution in [0.15, 0.2) is 315 Å². The van der Waals surface area contributed by atoms with Crippen LogP contribution in [0.2, 0.25) is 0 Å². The fourth-order valence-corrected chi connectivity index (χ4v) is 12.2. The molecule has 0 saturated heterocycles. The highest BCUT2D eigenvalue weighted by atomic mass is 15.2. The Morgan fingerprint density at radius 2 is 0.588 bits per heavy atom. The molecule has 2 heterocycles. The van der Waals surface area contributed by atoms with E-state index in [2.05, 4.69) is 334 Å². The number of hydrogen-bond acceptors (Lipinski definition) is 2. The molecule has 4 heteroatoms. The van der Waals surface area contributed by atoms with Crippen molar-refractivity contribution in [1.82, 2.24) is 9.13 Å². The molecule has 0 spiro atoms. The van der Waals surface area contributed by atoms with Crippen molar-refractivity contribution < 1.29 is 0 Å². The molecule has 0 bridgehead atoms. The number of aromatic nitrogens is 2. The molecule has 2 aromatic heterocycles. The van der Waals surface area contributed by atoms with Gasteiger partial charge in [0, 0.05) is 66.7 Å². The Bertz CT molecular complexity index is 4750. The quantitative estimate of drug-likeness (QED) is 0.128. The fourth-order valence-electron chi connectivity index (χ4n) is 12.2. The molecular weight excluding hydrogens is 969 g/mol. The predicted octanol–water partition coefficient (Wildman–Crippen LogP) is 21.0. The second-order valence-corrected chi connectivity index (χ2v) is 20.5. The molecule has 0 unspecified atom stereocenters. The summed E-state index contributed by atoms with van der Waals surface area (Å²) >= 11 is 0. The van der Waals surface area contributed by atoms with Gasteiger partial charge in [-0.25, -0.2) is 0 Å². The largest absolute Gasteiger partial charge is 0.310 e. The van der Waals surface area contributed by atoms with Gasteiger partial charge >= 0.3 is 0 Å². The smallest absolute Gasteiger partial charge is 0.0542 e. The van der Waals surface area contributed by atoms with Crippen LogP contribution in [0.4, 0.5) is 34.1 Å². The molecule has 376 valence electrons. The van der Waals surface area contributed by atoms with E-state index in [0.29, 0.717) is 0 Å². The molecular formula is C76H52N4. The standard InChI is InChI=1S/C76H52N4/c1-5-21-53(22-6-1)56-25-19-31-61(49-56)77(63-43-46-75-70(51-63)68-35-15-17-37-72(68)79(75)58-27-9-3-10-28-58)60-41-39-55(40-42-60)65-45-48-74(67-34-14-13-33-66(65)67)78(62-32-20-26-57(50-62)54-23-7-2-8-24-54)64-44-47-76-71(52-64)69-36-16-18-38-73(69)80(76)59-29-11-4-12-30-59/h1-52H. The average Bonchev–Trinajstić information content (AvgIpc) is 4.13. The first kappa shape index (κ1) is 46.6. The van der Waals surface area contributed by atoms with Crippen LogP contribution in [-0.2, 0) is 0 Å². The maximum atomic E-state index is 2.45. The number of benzene rings is 13. The van der Waals surface area contributed by atoms with Crippen molar-refractivity contribution in [2.45, 2.75) is 0 Å². The Kier molecular flexibility index (Phi) is 11.5. The highest BCUT2D eigenvalue weighted by molar-refractivity contribution is 6.13. The molecule has 13 aromatic carbocycles. The van der Waals surface area contributed by atoms with Crippen molar-refractivity contribution in [1.29, 1.82) is 0 Å². The third-order valence-electron chi connectivity index (χ3n) is 15.9. The molecule has 80 heavy (non-hydrogen) atoms. The third kappa shape index (κ3) is 8.09. The van der Waals surface area contributed by atoms with Crippen LogP contribution >= 0.6 is 0 Å². The van der Waals surface area contributed by atoms with Gasteiger partial charge in [-0.2, -0.15) is 0 Å². The van der Waals surface area contributed by atoms with Gasteiger partial charge in [-0.3, -0.25) is 0 Å². The van der Waals surface area contributed by atoms with E-state index in [4.69, 9.17) is 0 Å². The second kappa shape index (κ2) is 19.7. The van der Waals surface area contributed by atoms with Gasteiger partial charge in [0.15, 0.2) is 0 Å². The van der Waals surface area contributed by atoms with Crippen LogP contribution in [0.1, 0.15) is 0 Å². The first-order chi connectivity index (χ1) is 39.7. The summed E-state index contributed by atoms with van der Waals surface area (Å²) in [4.78, 5) is 4.85. The van der Waals surface area contributed by atoms with Gasteiger partial charge < -0.3 is 18.9 Å².